The van der Waals surface area contributed by atoms with Crippen LogP contribution in [0.15, 0.2) is 62.5 Å². The van der Waals surface area contributed by atoms with Gasteiger partial charge in [-0.3, -0.25) is 9.59 Å². The van der Waals surface area contributed by atoms with E-state index in [4.69, 9.17) is 13.9 Å². The summed E-state index contributed by atoms with van der Waals surface area (Å²) in [6.07, 6.45) is 0.260. The average Bonchev–Trinajstić information content (AvgIpc) is 2.78. The van der Waals surface area contributed by atoms with E-state index in [1.54, 1.807) is 49.6 Å². The monoisotopic (exact) mass is 420 g/mol. The van der Waals surface area contributed by atoms with Gasteiger partial charge in [0.05, 0.1) is 19.7 Å². The molecule has 0 saturated heterocycles. The van der Waals surface area contributed by atoms with E-state index in [0.717, 1.165) is 0 Å². The minimum atomic E-state index is -0.711. The van der Waals surface area contributed by atoms with Crippen molar-refractivity contribution in [2.75, 3.05) is 20.8 Å². The molecule has 0 unspecified atom stereocenters. The Hall–Kier alpha value is -4.07. The molecule has 0 saturated carbocycles. The van der Waals surface area contributed by atoms with Crippen molar-refractivity contribution in [3.63, 3.8) is 0 Å². The lowest BCUT2D eigenvalue weighted by molar-refractivity contribution is 0.0950. The molecule has 4 aromatic rings. The van der Waals surface area contributed by atoms with Crippen LogP contribution in [-0.2, 0) is 6.42 Å². The zero-order chi connectivity index (χ0) is 22.0. The Labute approximate surface area is 176 Å². The first-order valence-electron chi connectivity index (χ1n) is 9.60. The van der Waals surface area contributed by atoms with Crippen LogP contribution in [0.2, 0.25) is 0 Å². The third-order valence-electron chi connectivity index (χ3n) is 5.02. The minimum absolute atomic E-state index is 0.0856. The second-order valence-electron chi connectivity index (χ2n) is 6.87. The van der Waals surface area contributed by atoms with Crippen molar-refractivity contribution in [2.45, 2.75) is 6.42 Å². The van der Waals surface area contributed by atoms with Crippen LogP contribution >= 0.6 is 0 Å². The molecule has 0 radical (unpaired) electrons. The lowest BCUT2D eigenvalue weighted by Gasteiger charge is -2.11. The number of amides is 1. The van der Waals surface area contributed by atoms with Crippen molar-refractivity contribution in [3.8, 4) is 11.5 Å². The van der Waals surface area contributed by atoms with Crippen molar-refractivity contribution in [2.24, 2.45) is 0 Å². The van der Waals surface area contributed by atoms with Gasteiger partial charge in [0.25, 0.3) is 11.5 Å². The second-order valence-corrected chi connectivity index (χ2v) is 6.87. The zero-order valence-corrected chi connectivity index (χ0v) is 17.0. The van der Waals surface area contributed by atoms with Gasteiger partial charge in [-0.2, -0.15) is 0 Å². The number of benzene rings is 2. The molecule has 31 heavy (non-hydrogen) atoms. The Kier molecular flexibility index (Phi) is 5.44. The molecule has 0 bridgehead atoms. The molecule has 2 aromatic carbocycles. The van der Waals surface area contributed by atoms with Crippen LogP contribution in [0.3, 0.4) is 0 Å². The van der Waals surface area contributed by atoms with Gasteiger partial charge in [0.1, 0.15) is 22.6 Å². The summed E-state index contributed by atoms with van der Waals surface area (Å²) in [6, 6.07) is 13.6. The molecular formula is C23H20N2O6. The number of carbonyl (C=O) groups excluding carboxylic acids is 1. The first-order valence-corrected chi connectivity index (χ1v) is 9.60. The maximum atomic E-state index is 12.5. The Bertz CT molecular complexity index is 1400. The van der Waals surface area contributed by atoms with E-state index in [1.807, 2.05) is 0 Å². The van der Waals surface area contributed by atoms with Crippen LogP contribution in [0.5, 0.6) is 11.5 Å². The van der Waals surface area contributed by atoms with Crippen LogP contribution < -0.4 is 26.0 Å². The highest BCUT2D eigenvalue weighted by Crippen LogP contribution is 2.31. The number of aromatic amines is 1. The fourth-order valence-corrected chi connectivity index (χ4v) is 3.45. The number of carbonyl (C=O) groups is 1. The van der Waals surface area contributed by atoms with E-state index < -0.39 is 11.5 Å². The highest BCUT2D eigenvalue weighted by molar-refractivity contribution is 5.96. The first-order chi connectivity index (χ1) is 15.0. The smallest absolute Gasteiger partial charge is 0.349 e. The van der Waals surface area contributed by atoms with E-state index in [1.165, 1.54) is 13.2 Å². The third-order valence-corrected chi connectivity index (χ3v) is 5.02. The molecule has 8 heteroatoms. The van der Waals surface area contributed by atoms with E-state index in [2.05, 4.69) is 10.3 Å². The molecule has 0 aliphatic carbocycles. The fraction of sp³-hybridized carbons (Fsp3) is 0.174. The second kappa shape index (κ2) is 8.35. The molecule has 2 N–H and O–H groups in total. The highest BCUT2D eigenvalue weighted by Gasteiger charge is 2.15. The summed E-state index contributed by atoms with van der Waals surface area (Å²) in [5.41, 5.74) is 0.321. The number of ether oxygens (including phenoxy) is 2. The maximum absolute atomic E-state index is 12.5. The topological polar surface area (TPSA) is 111 Å². The van der Waals surface area contributed by atoms with E-state index in [-0.39, 0.29) is 24.1 Å². The van der Waals surface area contributed by atoms with Gasteiger partial charge in [0.15, 0.2) is 0 Å². The van der Waals surface area contributed by atoms with Crippen LogP contribution in [0.25, 0.3) is 21.9 Å². The summed E-state index contributed by atoms with van der Waals surface area (Å²) in [7, 11) is 3.06. The predicted octanol–water partition coefficient (Wildman–Crippen LogP) is 2.62. The highest BCUT2D eigenvalue weighted by atomic mass is 16.5. The van der Waals surface area contributed by atoms with E-state index in [9.17, 15) is 14.4 Å². The molecule has 0 aliphatic heterocycles. The molecule has 0 atom stereocenters. The lowest BCUT2D eigenvalue weighted by atomic mass is 10.1. The minimum Gasteiger partial charge on any atom is -0.496 e. The molecule has 0 fully saturated rings. The number of rotatable bonds is 6. The largest absolute Gasteiger partial charge is 0.496 e. The summed E-state index contributed by atoms with van der Waals surface area (Å²) in [6.45, 7) is 0.159. The van der Waals surface area contributed by atoms with Crippen molar-refractivity contribution < 1.29 is 18.7 Å². The summed E-state index contributed by atoms with van der Waals surface area (Å²) in [4.78, 5) is 39.9. The van der Waals surface area contributed by atoms with Crippen molar-refractivity contribution in [1.82, 2.24) is 10.3 Å². The van der Waals surface area contributed by atoms with Crippen LogP contribution in [-0.4, -0.2) is 31.7 Å². The van der Waals surface area contributed by atoms with E-state index >= 15 is 0 Å². The quantitative estimate of drug-likeness (QED) is 0.464. The third kappa shape index (κ3) is 3.87. The predicted molar refractivity (Wildman–Crippen MR) is 116 cm³/mol. The Balaban J connectivity index is 1.55. The number of hydrogen-bond donors (Lipinski definition) is 2. The van der Waals surface area contributed by atoms with Crippen LogP contribution in [0, 0.1) is 0 Å². The maximum Gasteiger partial charge on any atom is 0.349 e. The molecular weight excluding hydrogens is 400 g/mol. The van der Waals surface area contributed by atoms with Gasteiger partial charge >= 0.3 is 5.63 Å². The normalized spacial score (nSPS) is 10.9. The summed E-state index contributed by atoms with van der Waals surface area (Å²) in [5.74, 6) is 0.554. The van der Waals surface area contributed by atoms with Gasteiger partial charge in [-0.15, -0.1) is 0 Å². The van der Waals surface area contributed by atoms with Crippen molar-refractivity contribution in [1.29, 1.82) is 0 Å². The molecule has 8 nitrogen and oxygen atoms in total. The van der Waals surface area contributed by atoms with E-state index in [0.29, 0.717) is 38.9 Å². The Morgan fingerprint density at radius 3 is 2.55 bits per heavy atom. The summed E-state index contributed by atoms with van der Waals surface area (Å²) < 4.78 is 15.9. The summed E-state index contributed by atoms with van der Waals surface area (Å²) in [5, 5.41) is 4.02. The number of nitrogens with one attached hydrogen (secondary N) is 2. The van der Waals surface area contributed by atoms with Crippen molar-refractivity contribution >= 4 is 27.8 Å². The molecule has 1 amide bonds. The van der Waals surface area contributed by atoms with Crippen LogP contribution in [0.1, 0.15) is 15.9 Å². The fourth-order valence-electron chi connectivity index (χ4n) is 3.45. The van der Waals surface area contributed by atoms with Gasteiger partial charge in [0, 0.05) is 22.9 Å². The number of pyridine rings is 1. The number of H-pyrrole nitrogens is 1. The number of methoxy groups -OCH3 is 2. The number of para-hydroxylation sites is 1. The van der Waals surface area contributed by atoms with Gasteiger partial charge in [-0.05, 0) is 36.8 Å². The number of hydrogen-bond acceptors (Lipinski definition) is 6. The zero-order valence-electron chi connectivity index (χ0n) is 17.0. The average molecular weight is 420 g/mol. The Morgan fingerprint density at radius 1 is 1.03 bits per heavy atom. The Morgan fingerprint density at radius 2 is 1.77 bits per heavy atom. The number of aromatic nitrogens is 1. The van der Waals surface area contributed by atoms with Gasteiger partial charge in [-0.25, -0.2) is 4.79 Å². The lowest BCUT2D eigenvalue weighted by Crippen LogP contribution is -2.30. The van der Waals surface area contributed by atoms with Gasteiger partial charge in [-0.1, -0.05) is 18.2 Å². The SMILES string of the molecule is COc1ccc(OC)c2[nH]c(=O)c(CCNC(=O)c3cc4ccccc4oc3=O)cc12. The van der Waals surface area contributed by atoms with Crippen LogP contribution in [0.4, 0.5) is 0 Å². The molecule has 0 spiro atoms. The van der Waals surface area contributed by atoms with Gasteiger partial charge in [0.2, 0.25) is 0 Å². The number of fused-ring (bicyclic) bond motifs is 2. The molecule has 2 heterocycles. The standard InChI is InChI=1S/C23H20N2O6/c1-29-18-7-8-19(30-2)20-15(18)12-14(21(26)25-20)9-10-24-22(27)16-11-13-5-3-4-6-17(13)31-23(16)28/h3-8,11-12H,9-10H2,1-2H3,(H,24,27)(H,25,26). The molecule has 158 valence electrons. The first kappa shape index (κ1) is 20.2. The summed E-state index contributed by atoms with van der Waals surface area (Å²) >= 11 is 0. The molecule has 0 aliphatic rings. The molecule has 4 rings (SSSR count). The molecule has 2 aromatic heterocycles. The van der Waals surface area contributed by atoms with Gasteiger partial charge < -0.3 is 24.2 Å². The van der Waals surface area contributed by atoms with Crippen molar-refractivity contribution in [3.05, 3.63) is 80.4 Å².